The molecule has 2 aromatic carbocycles. The Morgan fingerprint density at radius 3 is 2.55 bits per heavy atom. The lowest BCUT2D eigenvalue weighted by atomic mass is 10.1. The van der Waals surface area contributed by atoms with E-state index < -0.39 is 5.97 Å². The maximum absolute atomic E-state index is 11.1. The van der Waals surface area contributed by atoms with Gasteiger partial charge in [-0.1, -0.05) is 30.3 Å². The first kappa shape index (κ1) is 15.8. The van der Waals surface area contributed by atoms with Crippen LogP contribution >= 0.6 is 12.2 Å². The van der Waals surface area contributed by atoms with Crippen molar-refractivity contribution in [3.05, 3.63) is 59.2 Å². The van der Waals surface area contributed by atoms with Crippen molar-refractivity contribution >= 4 is 29.0 Å². The van der Waals surface area contributed by atoms with Crippen LogP contribution in [0.1, 0.15) is 21.5 Å². The zero-order valence-corrected chi connectivity index (χ0v) is 12.8. The average Bonchev–Trinajstić information content (AvgIpc) is 2.49. The second-order valence-corrected chi connectivity index (χ2v) is 5.20. The summed E-state index contributed by atoms with van der Waals surface area (Å²) in [4.78, 5) is 11.1. The molecule has 22 heavy (non-hydrogen) atoms. The average molecular weight is 316 g/mol. The van der Waals surface area contributed by atoms with Gasteiger partial charge in [-0.3, -0.25) is 0 Å². The Morgan fingerprint density at radius 2 is 1.91 bits per heavy atom. The van der Waals surface area contributed by atoms with Gasteiger partial charge in [-0.2, -0.15) is 0 Å². The van der Waals surface area contributed by atoms with Crippen molar-refractivity contribution in [1.82, 2.24) is 5.32 Å². The van der Waals surface area contributed by atoms with Crippen LogP contribution in [-0.2, 0) is 6.54 Å². The minimum Gasteiger partial charge on any atom is -0.507 e. The van der Waals surface area contributed by atoms with Crippen molar-refractivity contribution < 1.29 is 15.0 Å². The van der Waals surface area contributed by atoms with Gasteiger partial charge in [0.1, 0.15) is 11.3 Å². The van der Waals surface area contributed by atoms with E-state index in [1.54, 1.807) is 13.0 Å². The molecule has 4 N–H and O–H groups in total. The van der Waals surface area contributed by atoms with Crippen LogP contribution in [0.25, 0.3) is 0 Å². The van der Waals surface area contributed by atoms with Crippen LogP contribution < -0.4 is 10.6 Å². The molecule has 114 valence electrons. The lowest BCUT2D eigenvalue weighted by molar-refractivity contribution is 0.0693. The van der Waals surface area contributed by atoms with Crippen LogP contribution in [-0.4, -0.2) is 21.3 Å². The molecular formula is C16H16N2O3S. The number of anilines is 1. The Balaban J connectivity index is 2.04. The normalized spacial score (nSPS) is 10.0. The van der Waals surface area contributed by atoms with Gasteiger partial charge in [-0.15, -0.1) is 0 Å². The zero-order valence-electron chi connectivity index (χ0n) is 12.0. The number of hydrogen-bond donors (Lipinski definition) is 4. The van der Waals surface area contributed by atoms with Crippen LogP contribution in [0.3, 0.4) is 0 Å². The van der Waals surface area contributed by atoms with Crippen LogP contribution in [0.4, 0.5) is 5.69 Å². The number of nitrogens with one attached hydrogen (secondary N) is 2. The van der Waals surface area contributed by atoms with Gasteiger partial charge in [-0.05, 0) is 42.4 Å². The first-order valence-corrected chi connectivity index (χ1v) is 7.04. The van der Waals surface area contributed by atoms with Crippen LogP contribution in [0.15, 0.2) is 42.5 Å². The molecular weight excluding hydrogens is 300 g/mol. The highest BCUT2D eigenvalue weighted by Crippen LogP contribution is 2.26. The van der Waals surface area contributed by atoms with Crippen molar-refractivity contribution in [3.63, 3.8) is 0 Å². The van der Waals surface area contributed by atoms with Gasteiger partial charge in [0.15, 0.2) is 5.11 Å². The third kappa shape index (κ3) is 3.95. The summed E-state index contributed by atoms with van der Waals surface area (Å²) in [5, 5.41) is 25.1. The summed E-state index contributed by atoms with van der Waals surface area (Å²) < 4.78 is 0. The van der Waals surface area contributed by atoms with Crippen molar-refractivity contribution in [3.8, 4) is 5.75 Å². The number of thiocarbonyl (C=S) groups is 1. The molecule has 0 aromatic heterocycles. The van der Waals surface area contributed by atoms with E-state index in [-0.39, 0.29) is 11.3 Å². The lowest BCUT2D eigenvalue weighted by Gasteiger charge is -2.13. The van der Waals surface area contributed by atoms with Crippen molar-refractivity contribution in [1.29, 1.82) is 0 Å². The third-order valence-electron chi connectivity index (χ3n) is 3.08. The van der Waals surface area contributed by atoms with E-state index >= 15 is 0 Å². The number of carboxylic acid groups (broad SMARTS) is 1. The molecule has 0 atom stereocenters. The molecule has 0 bridgehead atoms. The fraction of sp³-hybridized carbons (Fsp3) is 0.125. The molecule has 0 unspecified atom stereocenters. The van der Waals surface area contributed by atoms with Crippen LogP contribution in [0.5, 0.6) is 5.75 Å². The van der Waals surface area contributed by atoms with E-state index in [9.17, 15) is 9.90 Å². The predicted molar refractivity (Wildman–Crippen MR) is 89.3 cm³/mol. The SMILES string of the molecule is Cc1cc(NC(=S)NCc2ccccc2)cc(C(=O)O)c1O. The highest BCUT2D eigenvalue weighted by molar-refractivity contribution is 7.80. The highest BCUT2D eigenvalue weighted by atomic mass is 32.1. The maximum Gasteiger partial charge on any atom is 0.339 e. The van der Waals surface area contributed by atoms with Gasteiger partial charge >= 0.3 is 5.97 Å². The molecule has 2 rings (SSSR count). The first-order valence-electron chi connectivity index (χ1n) is 6.63. The summed E-state index contributed by atoms with van der Waals surface area (Å²) in [6, 6.07) is 12.8. The van der Waals surface area contributed by atoms with Gasteiger partial charge in [0.05, 0.1) is 0 Å². The van der Waals surface area contributed by atoms with Crippen LogP contribution in [0.2, 0.25) is 0 Å². The number of phenols is 1. The zero-order chi connectivity index (χ0) is 16.1. The summed E-state index contributed by atoms with van der Waals surface area (Å²) in [5.74, 6) is -1.42. The van der Waals surface area contributed by atoms with Gasteiger partial charge in [0.2, 0.25) is 0 Å². The molecule has 0 saturated carbocycles. The number of hydrogen-bond acceptors (Lipinski definition) is 3. The Morgan fingerprint density at radius 1 is 1.23 bits per heavy atom. The third-order valence-corrected chi connectivity index (χ3v) is 3.33. The number of aromatic hydroxyl groups is 1. The molecule has 0 spiro atoms. The molecule has 0 aliphatic rings. The summed E-state index contributed by atoms with van der Waals surface area (Å²) in [6.07, 6.45) is 0. The van der Waals surface area contributed by atoms with E-state index in [4.69, 9.17) is 17.3 Å². The quantitative estimate of drug-likeness (QED) is 0.513. The molecule has 6 heteroatoms. The lowest BCUT2D eigenvalue weighted by Crippen LogP contribution is -2.28. The minimum atomic E-state index is -1.19. The molecule has 0 aliphatic heterocycles. The number of carbonyl (C=O) groups is 1. The monoisotopic (exact) mass is 316 g/mol. The number of rotatable bonds is 4. The minimum absolute atomic E-state index is 0.159. The largest absolute Gasteiger partial charge is 0.507 e. The molecule has 5 nitrogen and oxygen atoms in total. The second kappa shape index (κ2) is 6.91. The maximum atomic E-state index is 11.1. The van der Waals surface area contributed by atoms with E-state index in [1.165, 1.54) is 6.07 Å². The number of aromatic carboxylic acids is 1. The molecule has 0 saturated heterocycles. The Bertz CT molecular complexity index is 702. The number of aryl methyl sites for hydroxylation is 1. The molecule has 0 aliphatic carbocycles. The Hall–Kier alpha value is -2.60. The molecule has 0 amide bonds. The smallest absolute Gasteiger partial charge is 0.339 e. The highest BCUT2D eigenvalue weighted by Gasteiger charge is 2.13. The van der Waals surface area contributed by atoms with Crippen LogP contribution in [0, 0.1) is 6.92 Å². The Kier molecular flexibility index (Phi) is 4.95. The van der Waals surface area contributed by atoms with Gasteiger partial charge < -0.3 is 20.8 Å². The van der Waals surface area contributed by atoms with Crippen molar-refractivity contribution in [2.24, 2.45) is 0 Å². The van der Waals surface area contributed by atoms with E-state index in [0.29, 0.717) is 22.9 Å². The summed E-state index contributed by atoms with van der Waals surface area (Å²) >= 11 is 5.19. The fourth-order valence-corrected chi connectivity index (χ4v) is 2.16. The predicted octanol–water partition coefficient (Wildman–Crippen LogP) is 2.89. The van der Waals surface area contributed by atoms with E-state index in [1.807, 2.05) is 30.3 Å². The molecule has 0 heterocycles. The standard InChI is InChI=1S/C16H16N2O3S/c1-10-7-12(8-13(14(10)19)15(20)21)18-16(22)17-9-11-5-3-2-4-6-11/h2-8,19H,9H2,1H3,(H,20,21)(H2,17,18,22). The first-order chi connectivity index (χ1) is 10.5. The summed E-state index contributed by atoms with van der Waals surface area (Å²) in [5.41, 5.74) is 1.90. The van der Waals surface area contributed by atoms with E-state index in [0.717, 1.165) is 5.56 Å². The van der Waals surface area contributed by atoms with Crippen molar-refractivity contribution in [2.75, 3.05) is 5.32 Å². The van der Waals surface area contributed by atoms with Gasteiger partial charge in [-0.25, -0.2) is 4.79 Å². The van der Waals surface area contributed by atoms with Gasteiger partial charge in [0.25, 0.3) is 0 Å². The van der Waals surface area contributed by atoms with E-state index in [2.05, 4.69) is 10.6 Å². The summed E-state index contributed by atoms with van der Waals surface area (Å²) in [7, 11) is 0. The number of benzene rings is 2. The molecule has 2 aromatic rings. The summed E-state index contributed by atoms with van der Waals surface area (Å²) in [6.45, 7) is 2.20. The molecule has 0 radical (unpaired) electrons. The van der Waals surface area contributed by atoms with Gasteiger partial charge in [0, 0.05) is 12.2 Å². The topological polar surface area (TPSA) is 81.6 Å². The fourth-order valence-electron chi connectivity index (χ4n) is 1.97. The van der Waals surface area contributed by atoms with Crippen molar-refractivity contribution in [2.45, 2.75) is 13.5 Å². The Labute approximate surface area is 133 Å². The second-order valence-electron chi connectivity index (χ2n) is 4.79. The number of carboxylic acids is 1. The molecule has 0 fully saturated rings.